The van der Waals surface area contributed by atoms with Gasteiger partial charge in [0.2, 0.25) is 0 Å². The lowest BCUT2D eigenvalue weighted by atomic mass is 9.98. The number of hydrogen-bond donors (Lipinski definition) is 0. The van der Waals surface area contributed by atoms with Gasteiger partial charge < -0.3 is 18.9 Å². The van der Waals surface area contributed by atoms with Crippen molar-refractivity contribution < 1.29 is 38.1 Å². The molecule has 0 radical (unpaired) electrons. The highest BCUT2D eigenvalue weighted by atomic mass is 16.6. The molecule has 0 aromatic carbocycles. The first-order chi connectivity index (χ1) is 13.9. The summed E-state index contributed by atoms with van der Waals surface area (Å²) in [5, 5.41) is 0. The molecule has 0 saturated heterocycles. The van der Waals surface area contributed by atoms with Crippen molar-refractivity contribution in [3.63, 3.8) is 0 Å². The SMILES string of the molecule is C=C(CC(=O)OCC(=O)OC1CCCCC1)C(=O)OCC(=O)OC1CCCCC1. The van der Waals surface area contributed by atoms with Gasteiger partial charge in [-0.15, -0.1) is 0 Å². The molecule has 2 aliphatic carbocycles. The summed E-state index contributed by atoms with van der Waals surface area (Å²) >= 11 is 0. The van der Waals surface area contributed by atoms with E-state index >= 15 is 0 Å². The van der Waals surface area contributed by atoms with E-state index in [0.717, 1.165) is 64.2 Å². The standard InChI is InChI=1S/C21H30O8/c1-15(21(25)27-14-20(24)29-17-10-6-3-7-11-17)12-18(22)26-13-19(23)28-16-8-4-2-5-9-16/h16-17H,1-14H2. The summed E-state index contributed by atoms with van der Waals surface area (Å²) in [5.74, 6) is -2.90. The van der Waals surface area contributed by atoms with Crippen LogP contribution in [0.4, 0.5) is 0 Å². The molecule has 0 bridgehead atoms. The molecule has 0 spiro atoms. The Hall–Kier alpha value is -2.38. The van der Waals surface area contributed by atoms with Crippen LogP contribution in [-0.2, 0) is 38.1 Å². The van der Waals surface area contributed by atoms with E-state index in [1.165, 1.54) is 0 Å². The highest BCUT2D eigenvalue weighted by Gasteiger charge is 2.22. The van der Waals surface area contributed by atoms with Crippen molar-refractivity contribution in [2.24, 2.45) is 0 Å². The molecule has 0 aromatic heterocycles. The van der Waals surface area contributed by atoms with E-state index in [2.05, 4.69) is 6.58 Å². The van der Waals surface area contributed by atoms with Gasteiger partial charge in [0.25, 0.3) is 0 Å². The van der Waals surface area contributed by atoms with E-state index in [1.807, 2.05) is 0 Å². The number of carbonyl (C=O) groups excluding carboxylic acids is 4. The highest BCUT2D eigenvalue weighted by Crippen LogP contribution is 2.21. The van der Waals surface area contributed by atoms with Gasteiger partial charge in [0, 0.05) is 5.57 Å². The molecule has 0 aromatic rings. The average molecular weight is 410 g/mol. The minimum atomic E-state index is -0.882. The maximum absolute atomic E-state index is 11.8. The Kier molecular flexibility index (Phi) is 9.67. The van der Waals surface area contributed by atoms with Gasteiger partial charge in [0.05, 0.1) is 6.42 Å². The third-order valence-corrected chi connectivity index (χ3v) is 5.02. The quantitative estimate of drug-likeness (QED) is 0.325. The molecule has 162 valence electrons. The topological polar surface area (TPSA) is 105 Å². The predicted molar refractivity (Wildman–Crippen MR) is 102 cm³/mol. The summed E-state index contributed by atoms with van der Waals surface area (Å²) in [5.41, 5.74) is -0.166. The average Bonchev–Trinajstić information content (AvgIpc) is 2.72. The second kappa shape index (κ2) is 12.2. The van der Waals surface area contributed by atoms with Crippen LogP contribution in [0.25, 0.3) is 0 Å². The molecule has 2 aliphatic rings. The first kappa shape index (κ1) is 22.9. The zero-order chi connectivity index (χ0) is 21.1. The Balaban J connectivity index is 1.58. The van der Waals surface area contributed by atoms with E-state index in [0.29, 0.717) is 0 Å². The normalized spacial score (nSPS) is 17.8. The molecule has 0 amide bonds. The lowest BCUT2D eigenvalue weighted by Gasteiger charge is -2.21. The number of esters is 4. The zero-order valence-corrected chi connectivity index (χ0v) is 16.8. The first-order valence-corrected chi connectivity index (χ1v) is 10.3. The van der Waals surface area contributed by atoms with Gasteiger partial charge in [0.15, 0.2) is 13.2 Å². The number of rotatable bonds is 9. The summed E-state index contributed by atoms with van der Waals surface area (Å²) in [6, 6.07) is 0. The van der Waals surface area contributed by atoms with Crippen molar-refractivity contribution in [2.45, 2.75) is 82.8 Å². The molecular weight excluding hydrogens is 380 g/mol. The summed E-state index contributed by atoms with van der Waals surface area (Å²) in [4.78, 5) is 47.1. The molecular formula is C21H30O8. The van der Waals surface area contributed by atoms with Gasteiger partial charge in [-0.3, -0.25) is 4.79 Å². The second-order valence-electron chi connectivity index (χ2n) is 7.52. The Morgan fingerprint density at radius 3 is 1.59 bits per heavy atom. The van der Waals surface area contributed by atoms with Crippen LogP contribution in [0, 0.1) is 0 Å². The fourth-order valence-electron chi connectivity index (χ4n) is 3.47. The fraction of sp³-hybridized carbons (Fsp3) is 0.714. The van der Waals surface area contributed by atoms with Gasteiger partial charge in [-0.05, 0) is 51.4 Å². The van der Waals surface area contributed by atoms with Crippen LogP contribution < -0.4 is 0 Å². The number of ether oxygens (including phenoxy) is 4. The monoisotopic (exact) mass is 410 g/mol. The van der Waals surface area contributed by atoms with Crippen LogP contribution in [0.2, 0.25) is 0 Å². The van der Waals surface area contributed by atoms with E-state index in [1.54, 1.807) is 0 Å². The van der Waals surface area contributed by atoms with E-state index in [9.17, 15) is 19.2 Å². The zero-order valence-electron chi connectivity index (χ0n) is 16.8. The minimum Gasteiger partial charge on any atom is -0.460 e. The Labute approximate surface area is 170 Å². The second-order valence-corrected chi connectivity index (χ2v) is 7.52. The molecule has 2 rings (SSSR count). The summed E-state index contributed by atoms with van der Waals surface area (Å²) in [6.45, 7) is 2.43. The van der Waals surface area contributed by atoms with Crippen LogP contribution in [0.15, 0.2) is 12.2 Å². The largest absolute Gasteiger partial charge is 0.460 e. The Morgan fingerprint density at radius 1 is 0.655 bits per heavy atom. The third kappa shape index (κ3) is 9.11. The maximum atomic E-state index is 11.8. The van der Waals surface area contributed by atoms with Gasteiger partial charge in [-0.2, -0.15) is 0 Å². The van der Waals surface area contributed by atoms with Crippen LogP contribution >= 0.6 is 0 Å². The first-order valence-electron chi connectivity index (χ1n) is 10.3. The van der Waals surface area contributed by atoms with Gasteiger partial charge in [-0.1, -0.05) is 19.4 Å². The van der Waals surface area contributed by atoms with Gasteiger partial charge >= 0.3 is 23.9 Å². The molecule has 2 saturated carbocycles. The molecule has 0 atom stereocenters. The van der Waals surface area contributed by atoms with Crippen molar-refractivity contribution in [3.05, 3.63) is 12.2 Å². The molecule has 0 heterocycles. The molecule has 8 heteroatoms. The third-order valence-electron chi connectivity index (χ3n) is 5.02. The molecule has 0 unspecified atom stereocenters. The van der Waals surface area contributed by atoms with Crippen molar-refractivity contribution in [1.29, 1.82) is 0 Å². The van der Waals surface area contributed by atoms with Crippen LogP contribution in [0.1, 0.15) is 70.6 Å². The molecule has 2 fully saturated rings. The Morgan fingerprint density at radius 2 is 1.10 bits per heavy atom. The van der Waals surface area contributed by atoms with Gasteiger partial charge in [-0.25, -0.2) is 14.4 Å². The van der Waals surface area contributed by atoms with Crippen molar-refractivity contribution in [2.75, 3.05) is 13.2 Å². The number of carbonyl (C=O) groups is 4. The lowest BCUT2D eigenvalue weighted by Crippen LogP contribution is -2.26. The summed E-state index contributed by atoms with van der Waals surface area (Å²) in [7, 11) is 0. The predicted octanol–water partition coefficient (Wildman–Crippen LogP) is 2.77. The van der Waals surface area contributed by atoms with Gasteiger partial charge in [0.1, 0.15) is 12.2 Å². The van der Waals surface area contributed by atoms with Crippen LogP contribution in [0.3, 0.4) is 0 Å². The smallest absolute Gasteiger partial charge is 0.344 e. The molecule has 8 nitrogen and oxygen atoms in total. The number of hydrogen-bond acceptors (Lipinski definition) is 8. The van der Waals surface area contributed by atoms with Crippen LogP contribution in [0.5, 0.6) is 0 Å². The van der Waals surface area contributed by atoms with E-state index in [4.69, 9.17) is 18.9 Å². The summed E-state index contributed by atoms with van der Waals surface area (Å²) < 4.78 is 20.1. The van der Waals surface area contributed by atoms with Crippen molar-refractivity contribution in [1.82, 2.24) is 0 Å². The molecule has 0 aliphatic heterocycles. The molecule has 0 N–H and O–H groups in total. The van der Waals surface area contributed by atoms with Crippen molar-refractivity contribution >= 4 is 23.9 Å². The highest BCUT2D eigenvalue weighted by molar-refractivity contribution is 5.94. The maximum Gasteiger partial charge on any atom is 0.344 e. The van der Waals surface area contributed by atoms with Crippen LogP contribution in [-0.4, -0.2) is 49.3 Å². The van der Waals surface area contributed by atoms with E-state index < -0.39 is 43.5 Å². The summed E-state index contributed by atoms with van der Waals surface area (Å²) in [6.07, 6.45) is 8.97. The molecule has 29 heavy (non-hydrogen) atoms. The Bertz CT molecular complexity index is 600. The van der Waals surface area contributed by atoms with Crippen molar-refractivity contribution in [3.8, 4) is 0 Å². The van der Waals surface area contributed by atoms with E-state index in [-0.39, 0.29) is 17.8 Å². The lowest BCUT2D eigenvalue weighted by molar-refractivity contribution is -0.164. The minimum absolute atomic E-state index is 0.117. The fourth-order valence-corrected chi connectivity index (χ4v) is 3.47.